The van der Waals surface area contributed by atoms with E-state index in [0.717, 1.165) is 17.0 Å². The van der Waals surface area contributed by atoms with Crippen LogP contribution in [0.25, 0.3) is 11.4 Å². The Bertz CT molecular complexity index is 1430. The third-order valence-electron chi connectivity index (χ3n) is 5.94. The molecule has 3 aromatic heterocycles. The maximum atomic E-state index is 12.7. The number of methoxy groups -OCH3 is 1. The van der Waals surface area contributed by atoms with Crippen LogP contribution in [-0.4, -0.2) is 54.2 Å². The predicted octanol–water partition coefficient (Wildman–Crippen LogP) is 3.72. The number of benzene rings is 1. The van der Waals surface area contributed by atoms with Crippen LogP contribution in [0.1, 0.15) is 47.2 Å². The zero-order chi connectivity index (χ0) is 26.7. The first-order chi connectivity index (χ1) is 17.7. The van der Waals surface area contributed by atoms with Crippen molar-refractivity contribution in [1.82, 2.24) is 34.5 Å². The van der Waals surface area contributed by atoms with Gasteiger partial charge < -0.3 is 20.1 Å². The summed E-state index contributed by atoms with van der Waals surface area (Å²) in [6, 6.07) is 5.40. The van der Waals surface area contributed by atoms with Crippen molar-refractivity contribution >= 4 is 23.4 Å². The van der Waals surface area contributed by atoms with E-state index >= 15 is 0 Å². The molecule has 1 atom stereocenters. The van der Waals surface area contributed by atoms with E-state index in [0.29, 0.717) is 28.8 Å². The molecule has 194 valence electrons. The molecule has 2 N–H and O–H groups in total. The molecule has 1 unspecified atom stereocenters. The summed E-state index contributed by atoms with van der Waals surface area (Å²) >= 11 is 0. The minimum absolute atomic E-state index is 0.122. The van der Waals surface area contributed by atoms with Crippen LogP contribution in [0.5, 0.6) is 5.75 Å². The van der Waals surface area contributed by atoms with Crippen LogP contribution in [0.15, 0.2) is 30.7 Å². The molecule has 0 spiro atoms. The van der Waals surface area contributed by atoms with Crippen molar-refractivity contribution in [2.24, 2.45) is 14.1 Å². The molecule has 4 aromatic rings. The number of anilines is 3. The highest BCUT2D eigenvalue weighted by molar-refractivity contribution is 5.96. The van der Waals surface area contributed by atoms with Gasteiger partial charge in [-0.1, -0.05) is 6.07 Å². The normalized spacial score (nSPS) is 11.8. The number of carbonyl (C=O) groups excluding carboxylic acids is 1. The Labute approximate surface area is 215 Å². The summed E-state index contributed by atoms with van der Waals surface area (Å²) in [5, 5.41) is 15.4. The summed E-state index contributed by atoms with van der Waals surface area (Å²) in [5.74, 6) is 1.09. The Morgan fingerprint density at radius 2 is 1.95 bits per heavy atom. The maximum Gasteiger partial charge on any atom is 0.343 e. The Morgan fingerprint density at radius 3 is 2.57 bits per heavy atom. The number of ether oxygens (including phenoxy) is 2. The fraction of sp³-hybridized carbons (Fsp3) is 0.360. The van der Waals surface area contributed by atoms with Crippen molar-refractivity contribution in [3.8, 4) is 17.1 Å². The highest BCUT2D eigenvalue weighted by Gasteiger charge is 2.22. The van der Waals surface area contributed by atoms with Gasteiger partial charge in [0, 0.05) is 31.5 Å². The summed E-state index contributed by atoms with van der Waals surface area (Å²) in [6.07, 6.45) is 3.06. The lowest BCUT2D eigenvalue weighted by molar-refractivity contribution is 0.0526. The predicted molar refractivity (Wildman–Crippen MR) is 139 cm³/mol. The Morgan fingerprint density at radius 1 is 1.16 bits per heavy atom. The Balaban J connectivity index is 1.72. The van der Waals surface area contributed by atoms with Gasteiger partial charge in [-0.15, -0.1) is 0 Å². The number of aromatic nitrogens is 7. The second kappa shape index (κ2) is 10.6. The van der Waals surface area contributed by atoms with Gasteiger partial charge in [0.05, 0.1) is 36.7 Å². The molecule has 0 aliphatic carbocycles. The van der Waals surface area contributed by atoms with Crippen molar-refractivity contribution < 1.29 is 14.3 Å². The topological polar surface area (TPSA) is 134 Å². The van der Waals surface area contributed by atoms with Crippen LogP contribution in [0.2, 0.25) is 0 Å². The lowest BCUT2D eigenvalue weighted by Crippen LogP contribution is -2.15. The number of nitrogens with zero attached hydrogens (tertiary/aromatic N) is 7. The molecule has 0 radical (unpaired) electrons. The molecule has 0 bridgehead atoms. The van der Waals surface area contributed by atoms with E-state index in [4.69, 9.17) is 9.47 Å². The molecular formula is C25H31N9O3. The summed E-state index contributed by atoms with van der Waals surface area (Å²) in [5.41, 5.74) is 4.49. The summed E-state index contributed by atoms with van der Waals surface area (Å²) in [4.78, 5) is 26.1. The molecule has 37 heavy (non-hydrogen) atoms. The first-order valence-electron chi connectivity index (χ1n) is 11.8. The van der Waals surface area contributed by atoms with Gasteiger partial charge in [0.2, 0.25) is 5.95 Å². The van der Waals surface area contributed by atoms with E-state index in [9.17, 15) is 4.79 Å². The van der Waals surface area contributed by atoms with Crippen molar-refractivity contribution in [1.29, 1.82) is 0 Å². The van der Waals surface area contributed by atoms with E-state index in [1.165, 1.54) is 6.20 Å². The average molecular weight is 506 g/mol. The second-order valence-electron chi connectivity index (χ2n) is 8.50. The SMILES string of the molecule is CCOC(=O)c1cnc(NC(C)c2c(C)nn(C)c2C)nc1Nc1cccc(-c2ncn(C)n2)c1OC. The fourth-order valence-corrected chi connectivity index (χ4v) is 4.21. The van der Waals surface area contributed by atoms with Gasteiger partial charge in [-0.05, 0) is 39.8 Å². The molecule has 0 fully saturated rings. The number of hydrogen-bond donors (Lipinski definition) is 2. The third-order valence-corrected chi connectivity index (χ3v) is 5.94. The van der Waals surface area contributed by atoms with E-state index in [1.54, 1.807) is 32.1 Å². The highest BCUT2D eigenvalue weighted by Crippen LogP contribution is 2.37. The number of para-hydroxylation sites is 1. The monoisotopic (exact) mass is 505 g/mol. The van der Waals surface area contributed by atoms with E-state index in [1.807, 2.05) is 50.7 Å². The minimum Gasteiger partial charge on any atom is -0.494 e. The molecule has 1 aromatic carbocycles. The number of esters is 1. The van der Waals surface area contributed by atoms with E-state index < -0.39 is 5.97 Å². The molecule has 12 heteroatoms. The number of hydrogen-bond acceptors (Lipinski definition) is 10. The van der Waals surface area contributed by atoms with Gasteiger partial charge in [-0.2, -0.15) is 15.2 Å². The zero-order valence-electron chi connectivity index (χ0n) is 22.0. The standard InChI is InChI=1S/C25H31N9O3/c1-8-37-24(35)18-12-26-25(28-14(2)20-15(3)31-34(6)16(20)4)30-23(18)29-19-11-9-10-17(21(19)36-7)22-27-13-33(5)32-22/h9-14H,8H2,1-7H3,(H2,26,28,29,30). The third kappa shape index (κ3) is 5.22. The smallest absolute Gasteiger partial charge is 0.343 e. The molecule has 4 rings (SSSR count). The van der Waals surface area contributed by atoms with E-state index in [-0.39, 0.29) is 24.0 Å². The van der Waals surface area contributed by atoms with Gasteiger partial charge >= 0.3 is 5.97 Å². The van der Waals surface area contributed by atoms with Crippen LogP contribution in [0.4, 0.5) is 17.5 Å². The van der Waals surface area contributed by atoms with Crippen molar-refractivity contribution in [3.63, 3.8) is 0 Å². The Hall–Kier alpha value is -4.48. The Kier molecular flexibility index (Phi) is 7.37. The maximum absolute atomic E-state index is 12.7. The molecule has 3 heterocycles. The van der Waals surface area contributed by atoms with Crippen molar-refractivity contribution in [2.75, 3.05) is 24.4 Å². The zero-order valence-corrected chi connectivity index (χ0v) is 22.0. The largest absolute Gasteiger partial charge is 0.494 e. The van der Waals surface area contributed by atoms with Gasteiger partial charge in [0.25, 0.3) is 0 Å². The lowest BCUT2D eigenvalue weighted by Gasteiger charge is -2.18. The van der Waals surface area contributed by atoms with E-state index in [2.05, 4.69) is 35.8 Å². The van der Waals surface area contributed by atoms with Gasteiger partial charge in [0.1, 0.15) is 11.9 Å². The number of nitrogens with one attached hydrogen (secondary N) is 2. The average Bonchev–Trinajstić information content (AvgIpc) is 3.40. The first-order valence-corrected chi connectivity index (χ1v) is 11.8. The number of carbonyl (C=O) groups is 1. The molecule has 0 aliphatic rings. The van der Waals surface area contributed by atoms with Crippen LogP contribution in [0.3, 0.4) is 0 Å². The van der Waals surface area contributed by atoms with Crippen LogP contribution < -0.4 is 15.4 Å². The summed E-state index contributed by atoms with van der Waals surface area (Å²) < 4.78 is 14.4. The van der Waals surface area contributed by atoms with Crippen molar-refractivity contribution in [2.45, 2.75) is 33.7 Å². The fourth-order valence-electron chi connectivity index (χ4n) is 4.21. The molecule has 12 nitrogen and oxygen atoms in total. The van der Waals surface area contributed by atoms with Crippen LogP contribution >= 0.6 is 0 Å². The minimum atomic E-state index is -0.537. The molecule has 0 saturated carbocycles. The molecule has 0 saturated heterocycles. The second-order valence-corrected chi connectivity index (χ2v) is 8.50. The van der Waals surface area contributed by atoms with Crippen molar-refractivity contribution in [3.05, 3.63) is 53.2 Å². The number of rotatable bonds is 9. The van der Waals surface area contributed by atoms with Gasteiger partial charge in [0.15, 0.2) is 17.4 Å². The molecular weight excluding hydrogens is 474 g/mol. The van der Waals surface area contributed by atoms with Gasteiger partial charge in [-0.3, -0.25) is 9.36 Å². The molecule has 0 aliphatic heterocycles. The molecule has 0 amide bonds. The summed E-state index contributed by atoms with van der Waals surface area (Å²) in [7, 11) is 5.27. The quantitative estimate of drug-likeness (QED) is 0.324. The highest BCUT2D eigenvalue weighted by atomic mass is 16.5. The first kappa shape index (κ1) is 25.6. The van der Waals surface area contributed by atoms with Crippen LogP contribution in [-0.2, 0) is 18.8 Å². The number of aryl methyl sites for hydroxylation is 3. The van der Waals surface area contributed by atoms with Crippen LogP contribution in [0, 0.1) is 13.8 Å². The summed E-state index contributed by atoms with van der Waals surface area (Å²) in [6.45, 7) is 7.96. The van der Waals surface area contributed by atoms with Gasteiger partial charge in [-0.25, -0.2) is 14.8 Å². The lowest BCUT2D eigenvalue weighted by atomic mass is 10.1.